The third-order valence-corrected chi connectivity index (χ3v) is 19.8. The summed E-state index contributed by atoms with van der Waals surface area (Å²) in [5.74, 6) is 13.7. The third-order valence-electron chi connectivity index (χ3n) is 19.8. The van der Waals surface area contributed by atoms with Gasteiger partial charge in [0.1, 0.15) is 0 Å². The van der Waals surface area contributed by atoms with Gasteiger partial charge in [0.15, 0.2) is 0 Å². The molecule has 0 bridgehead atoms. The molecule has 0 aliphatic heterocycles. The van der Waals surface area contributed by atoms with Crippen molar-refractivity contribution in [2.24, 2.45) is 105 Å². The van der Waals surface area contributed by atoms with Crippen LogP contribution in [0.1, 0.15) is 355 Å². The molecule has 0 radical (unpaired) electrons. The molecule has 6 aliphatic rings. The Bertz CT molecular complexity index is 1060. The lowest BCUT2D eigenvalue weighted by atomic mass is 9.74. The van der Waals surface area contributed by atoms with Crippen molar-refractivity contribution in [3.8, 4) is 0 Å². The average molecular weight is 1000 g/mol. The second kappa shape index (κ2) is 42.1. The summed E-state index contributed by atoms with van der Waals surface area (Å²) in [6, 6.07) is 0. The molecule has 434 valence electrons. The zero-order valence-electron chi connectivity index (χ0n) is 56.3. The summed E-state index contributed by atoms with van der Waals surface area (Å²) in [4.78, 5) is 0. The number of hydrogen-bond acceptors (Lipinski definition) is 0. The van der Waals surface area contributed by atoms with Crippen LogP contribution in [0.25, 0.3) is 0 Å². The molecule has 0 heterocycles. The molecule has 0 saturated heterocycles. The van der Waals surface area contributed by atoms with E-state index in [1.165, 1.54) is 148 Å². The first-order valence-corrected chi connectivity index (χ1v) is 32.5. The molecule has 6 rings (SSSR count). The van der Waals surface area contributed by atoms with Gasteiger partial charge in [-0.3, -0.25) is 0 Å². The highest BCUT2D eigenvalue weighted by atomic mass is 14.5. The molecule has 0 aromatic rings. The Morgan fingerprint density at radius 2 is 0.817 bits per heavy atom. The molecule has 0 aromatic heterocycles. The molecule has 0 N–H and O–H groups in total. The topological polar surface area (TPSA) is 0 Å². The standard InChI is InChI=1S/C10H20.3C8H16.C7H14.C6H12.4C6H14/c1-8-9(2,3)6-7-10(8,4)5;1-6-4-7(2)8(3)5-6;1-7-5-4-6-8(7,2)3;1-6-4-5-7(2)8(6)3;1-6-4-3-5-7(6)2;1-2-3-6-4-5-6;1-5-6(2,3)4;2*1-4-5-6(2)3;1-4-6(3)5-2/h8H,6-7H2,1-5H3;6-8H,4-5H2,1-3H3;7H,4-6H2,1-3H3;6-8H,4-5H2,1-3H3;6-7H,3-5H2,1-2H3;6H,2-5H2,1H3;5H2,1-4H3;3*6H,4-5H2,1-3H3/t;;7-;;6-,7?;;;;;/m..1.1...../s1. The molecular formula is C71H150. The molecule has 0 spiro atoms. The van der Waals surface area contributed by atoms with Gasteiger partial charge in [-0.1, -0.05) is 323 Å². The van der Waals surface area contributed by atoms with Crippen molar-refractivity contribution >= 4 is 0 Å². The molecule has 0 heteroatoms. The first-order chi connectivity index (χ1) is 32.5. The van der Waals surface area contributed by atoms with E-state index in [-0.39, 0.29) is 0 Å². The van der Waals surface area contributed by atoms with E-state index in [0.29, 0.717) is 21.7 Å². The molecule has 71 heavy (non-hydrogen) atoms. The molecule has 5 unspecified atom stereocenters. The lowest BCUT2D eigenvalue weighted by Crippen LogP contribution is -2.24. The van der Waals surface area contributed by atoms with Crippen LogP contribution in [0, 0.1) is 105 Å². The first kappa shape index (κ1) is 77.5. The van der Waals surface area contributed by atoms with E-state index in [4.69, 9.17) is 0 Å². The van der Waals surface area contributed by atoms with Gasteiger partial charge in [-0.2, -0.15) is 0 Å². The summed E-state index contributed by atoms with van der Waals surface area (Å²) in [5.41, 5.74) is 2.37. The molecule has 0 aromatic carbocycles. The fraction of sp³-hybridized carbons (Fsp3) is 1.00. The predicted octanol–water partition coefficient (Wildman–Crippen LogP) is 26.1. The Morgan fingerprint density at radius 3 is 0.901 bits per heavy atom. The van der Waals surface area contributed by atoms with E-state index in [9.17, 15) is 0 Å². The van der Waals surface area contributed by atoms with Gasteiger partial charge in [0.05, 0.1) is 0 Å². The van der Waals surface area contributed by atoms with Crippen LogP contribution < -0.4 is 0 Å². The minimum Gasteiger partial charge on any atom is -0.0654 e. The predicted molar refractivity (Wildman–Crippen MR) is 335 cm³/mol. The smallest absolute Gasteiger partial charge is 0.0323 e. The Hall–Kier alpha value is 0. The van der Waals surface area contributed by atoms with Crippen molar-refractivity contribution in [2.75, 3.05) is 0 Å². The largest absolute Gasteiger partial charge is 0.0654 e. The monoisotopic (exact) mass is 1000 g/mol. The summed E-state index contributed by atoms with van der Waals surface area (Å²) < 4.78 is 0. The van der Waals surface area contributed by atoms with E-state index in [1.807, 2.05) is 0 Å². The van der Waals surface area contributed by atoms with Gasteiger partial charge in [-0.05, 0) is 137 Å². The van der Waals surface area contributed by atoms with Gasteiger partial charge in [0, 0.05) is 0 Å². The Balaban J connectivity index is -0.000000353. The lowest BCUT2D eigenvalue weighted by Gasteiger charge is -2.31. The van der Waals surface area contributed by atoms with Gasteiger partial charge < -0.3 is 0 Å². The molecule has 6 fully saturated rings. The zero-order chi connectivity index (χ0) is 56.3. The molecule has 7 atom stereocenters. The third kappa shape index (κ3) is 43.8. The molecular weight excluding hydrogens is 853 g/mol. The maximum Gasteiger partial charge on any atom is -0.0323 e. The highest BCUT2D eigenvalue weighted by Crippen LogP contribution is 2.53. The van der Waals surface area contributed by atoms with Crippen LogP contribution in [0.3, 0.4) is 0 Å². The fourth-order valence-electron chi connectivity index (χ4n) is 10.7. The summed E-state index contributed by atoms with van der Waals surface area (Å²) in [5, 5.41) is 0. The summed E-state index contributed by atoms with van der Waals surface area (Å²) in [6.45, 7) is 69.4. The van der Waals surface area contributed by atoms with E-state index in [1.54, 1.807) is 0 Å². The van der Waals surface area contributed by atoms with Crippen molar-refractivity contribution in [1.29, 1.82) is 0 Å². The van der Waals surface area contributed by atoms with E-state index in [0.717, 1.165) is 82.9 Å². The fourth-order valence-corrected chi connectivity index (χ4v) is 10.7. The highest BCUT2D eigenvalue weighted by molar-refractivity contribution is 4.93. The van der Waals surface area contributed by atoms with Crippen molar-refractivity contribution in [3.63, 3.8) is 0 Å². The normalized spacial score (nSPS) is 28.6. The minimum absolute atomic E-state index is 0.542. The van der Waals surface area contributed by atoms with Gasteiger partial charge in [0.2, 0.25) is 0 Å². The lowest BCUT2D eigenvalue weighted by molar-refractivity contribution is 0.179. The van der Waals surface area contributed by atoms with Crippen LogP contribution in [0.2, 0.25) is 0 Å². The quantitative estimate of drug-likeness (QED) is 0.227. The average Bonchev–Trinajstić information content (AvgIpc) is 3.63. The van der Waals surface area contributed by atoms with Crippen LogP contribution in [0.15, 0.2) is 0 Å². The van der Waals surface area contributed by atoms with Gasteiger partial charge in [-0.15, -0.1) is 0 Å². The van der Waals surface area contributed by atoms with E-state index < -0.39 is 0 Å². The van der Waals surface area contributed by atoms with Gasteiger partial charge in [0.25, 0.3) is 0 Å². The van der Waals surface area contributed by atoms with Crippen molar-refractivity contribution in [1.82, 2.24) is 0 Å². The maximum absolute atomic E-state index is 2.40. The summed E-state index contributed by atoms with van der Waals surface area (Å²) in [6.07, 6.45) is 32.7. The number of hydrogen-bond donors (Lipinski definition) is 0. The van der Waals surface area contributed by atoms with Crippen LogP contribution >= 0.6 is 0 Å². The molecule has 0 nitrogen and oxygen atoms in total. The molecule has 6 saturated carbocycles. The van der Waals surface area contributed by atoms with E-state index >= 15 is 0 Å². The van der Waals surface area contributed by atoms with Crippen LogP contribution in [0.4, 0.5) is 0 Å². The minimum atomic E-state index is 0.542. The first-order valence-electron chi connectivity index (χ1n) is 32.5. The van der Waals surface area contributed by atoms with Crippen molar-refractivity contribution in [2.45, 2.75) is 355 Å². The van der Waals surface area contributed by atoms with Gasteiger partial charge in [-0.25, -0.2) is 0 Å². The molecule has 6 aliphatic carbocycles. The Morgan fingerprint density at radius 1 is 0.437 bits per heavy atom. The van der Waals surface area contributed by atoms with Crippen molar-refractivity contribution < 1.29 is 0 Å². The van der Waals surface area contributed by atoms with Crippen LogP contribution in [0.5, 0.6) is 0 Å². The second-order valence-corrected chi connectivity index (χ2v) is 30.2. The Labute approximate surface area is 457 Å². The maximum atomic E-state index is 2.40. The zero-order valence-corrected chi connectivity index (χ0v) is 56.3. The summed E-state index contributed by atoms with van der Waals surface area (Å²) >= 11 is 0. The van der Waals surface area contributed by atoms with Crippen molar-refractivity contribution in [3.05, 3.63) is 0 Å². The van der Waals surface area contributed by atoms with E-state index in [2.05, 4.69) is 208 Å². The van der Waals surface area contributed by atoms with Crippen LogP contribution in [-0.2, 0) is 0 Å². The SMILES string of the molecule is CC1C(C)(C)CCC1(C)C.CC1CC(C)C(C)C1.CC1CCC(C)C1C.CC1CCC[C@H]1C.CCC(C)(C)C.CCC(C)CC.CCCC(C)C.CCCC(C)C.CCCC1CC1.C[C@@H]1CCCC1(C)C. The molecule has 0 amide bonds. The van der Waals surface area contributed by atoms with Gasteiger partial charge >= 0.3 is 0 Å². The Kier molecular flexibility index (Phi) is 45.9. The second-order valence-electron chi connectivity index (χ2n) is 30.2. The number of rotatable bonds is 8. The highest BCUT2D eigenvalue weighted by Gasteiger charge is 2.43. The summed E-state index contributed by atoms with van der Waals surface area (Å²) in [7, 11) is 0. The van der Waals surface area contributed by atoms with Crippen LogP contribution in [-0.4, -0.2) is 0 Å².